The van der Waals surface area contributed by atoms with Crippen molar-refractivity contribution >= 4 is 28.8 Å². The van der Waals surface area contributed by atoms with Crippen molar-refractivity contribution in [2.75, 3.05) is 29.9 Å². The minimum Gasteiger partial charge on any atom is -0.363 e. The summed E-state index contributed by atoms with van der Waals surface area (Å²) >= 11 is 0. The number of carbonyl (C=O) groups is 1. The minimum absolute atomic E-state index is 0.0494. The van der Waals surface area contributed by atoms with Crippen molar-refractivity contribution in [3.8, 4) is 6.07 Å². The highest BCUT2D eigenvalue weighted by molar-refractivity contribution is 5.81. The van der Waals surface area contributed by atoms with Crippen LogP contribution in [0, 0.1) is 23.8 Å². The Labute approximate surface area is 262 Å². The molecule has 0 aromatic carbocycles. The summed E-state index contributed by atoms with van der Waals surface area (Å²) < 4.78 is 5.38. The summed E-state index contributed by atoms with van der Waals surface area (Å²) in [6, 6.07) is 6.72. The summed E-state index contributed by atoms with van der Waals surface area (Å²) in [6.07, 6.45) is 16.3. The molecule has 5 heterocycles. The van der Waals surface area contributed by atoms with Gasteiger partial charge in [-0.2, -0.15) is 20.4 Å². The van der Waals surface area contributed by atoms with Crippen LogP contribution in [0.2, 0.25) is 0 Å². The van der Waals surface area contributed by atoms with Gasteiger partial charge in [-0.15, -0.1) is 5.10 Å². The molecule has 0 bridgehead atoms. The van der Waals surface area contributed by atoms with Crippen LogP contribution in [-0.2, 0) is 23.3 Å². The van der Waals surface area contributed by atoms with E-state index in [1.165, 1.54) is 0 Å². The number of nitriles is 1. The van der Waals surface area contributed by atoms with Gasteiger partial charge in [0.1, 0.15) is 5.54 Å². The van der Waals surface area contributed by atoms with E-state index in [0.717, 1.165) is 62.7 Å². The van der Waals surface area contributed by atoms with Crippen molar-refractivity contribution in [3.63, 3.8) is 0 Å². The molecule has 2 saturated carbocycles. The van der Waals surface area contributed by atoms with Gasteiger partial charge in [-0.3, -0.25) is 14.2 Å². The Bertz CT molecular complexity index is 1770. The van der Waals surface area contributed by atoms with E-state index in [-0.39, 0.29) is 29.3 Å². The van der Waals surface area contributed by atoms with Crippen molar-refractivity contribution in [3.05, 3.63) is 60.1 Å². The van der Waals surface area contributed by atoms with Crippen LogP contribution in [-0.4, -0.2) is 71.2 Å². The normalized spacial score (nSPS) is 21.5. The Kier molecular flexibility index (Phi) is 7.50. The van der Waals surface area contributed by atoms with Gasteiger partial charge in [-0.05, 0) is 49.8 Å². The van der Waals surface area contributed by atoms with Gasteiger partial charge in [0, 0.05) is 56.5 Å². The van der Waals surface area contributed by atoms with Crippen LogP contribution in [0.1, 0.15) is 57.4 Å². The van der Waals surface area contributed by atoms with Crippen molar-refractivity contribution in [2.45, 2.75) is 82.0 Å². The Balaban J connectivity index is 0.952. The van der Waals surface area contributed by atoms with E-state index in [4.69, 9.17) is 11.6 Å². The number of rotatable bonds is 12. The predicted molar refractivity (Wildman–Crippen MR) is 168 cm³/mol. The molecule has 3 fully saturated rings. The first-order chi connectivity index (χ1) is 21.9. The Morgan fingerprint density at radius 1 is 1.18 bits per heavy atom. The van der Waals surface area contributed by atoms with Crippen molar-refractivity contribution in [1.29, 1.82) is 5.26 Å². The summed E-state index contributed by atoms with van der Waals surface area (Å²) in [4.78, 5) is 23.8. The van der Waals surface area contributed by atoms with Crippen LogP contribution < -0.4 is 15.5 Å². The number of fused-ring (bicyclic) bond motifs is 1. The number of pyridine rings is 1. The topological polar surface area (TPSA) is 138 Å². The lowest BCUT2D eigenvalue weighted by molar-refractivity contribution is -0.124. The average molecular weight is 607 g/mol. The van der Waals surface area contributed by atoms with Crippen molar-refractivity contribution < 1.29 is 4.79 Å². The van der Waals surface area contributed by atoms with Crippen LogP contribution in [0.4, 0.5) is 17.3 Å². The first-order valence-electron chi connectivity index (χ1n) is 15.9. The maximum absolute atomic E-state index is 13.1. The van der Waals surface area contributed by atoms with Crippen molar-refractivity contribution in [1.82, 2.24) is 39.5 Å². The van der Waals surface area contributed by atoms with Gasteiger partial charge < -0.3 is 20.4 Å². The Hall–Kier alpha value is -4.75. The molecule has 0 radical (unpaired) electrons. The van der Waals surface area contributed by atoms with Gasteiger partial charge >= 0.3 is 0 Å². The SMILES string of the molecule is [C-]#[N+]C1(CNC2CCC(C(=O)Cn3cc(Nc4nc5c(N6CC(CC#N)(n7cc(CC)cn7)C6)cccn5n4)cn3)CC2)CC1. The molecule has 0 atom stereocenters. The average Bonchev–Trinajstić information content (AvgIpc) is 3.33. The van der Waals surface area contributed by atoms with Gasteiger partial charge in [0.15, 0.2) is 11.4 Å². The molecule has 3 aliphatic rings. The predicted octanol–water partition coefficient (Wildman–Crippen LogP) is 3.73. The highest BCUT2D eigenvalue weighted by Crippen LogP contribution is 2.40. The quantitative estimate of drug-likeness (QED) is 0.231. The molecule has 0 amide bonds. The van der Waals surface area contributed by atoms with Gasteiger partial charge in [0.05, 0.1) is 49.3 Å². The minimum atomic E-state index is -0.364. The molecule has 45 heavy (non-hydrogen) atoms. The fourth-order valence-electron chi connectivity index (χ4n) is 6.67. The van der Waals surface area contributed by atoms with E-state index >= 15 is 0 Å². The fourth-order valence-corrected chi connectivity index (χ4v) is 6.67. The number of hydrogen-bond acceptors (Lipinski definition) is 9. The lowest BCUT2D eigenvalue weighted by Gasteiger charge is -2.50. The molecule has 232 valence electrons. The zero-order chi connectivity index (χ0) is 31.0. The maximum atomic E-state index is 13.1. The first-order valence-corrected chi connectivity index (χ1v) is 15.9. The molecule has 2 N–H and O–H groups in total. The van der Waals surface area contributed by atoms with Crippen LogP contribution in [0.3, 0.4) is 0 Å². The number of nitrogens with zero attached hydrogens (tertiary/aromatic N) is 10. The fraction of sp³-hybridized carbons (Fsp3) is 0.531. The lowest BCUT2D eigenvalue weighted by atomic mass is 9.83. The number of aromatic nitrogens is 7. The molecule has 1 saturated heterocycles. The summed E-state index contributed by atoms with van der Waals surface area (Å²) in [5, 5.41) is 30.0. The molecular formula is C32H38N12O. The third-order valence-corrected chi connectivity index (χ3v) is 9.77. The van der Waals surface area contributed by atoms with E-state index in [2.05, 4.69) is 48.7 Å². The molecule has 0 unspecified atom stereocenters. The standard InChI is InChI=1S/C32H38N12O/c1-3-23-15-37-44(17-23)32(12-13-33)21-41(22-32)27-5-4-14-43-29(27)39-30(40-43)38-26-16-36-42(18-26)19-28(45)24-6-8-25(9-7-24)35-20-31(34-2)10-11-31/h4-5,14-18,24-25,35H,3,6-12,19-22H2,1H3,(H,38,40). The summed E-state index contributed by atoms with van der Waals surface area (Å²) in [7, 11) is 0. The number of ketones is 1. The molecular weight excluding hydrogens is 568 g/mol. The number of carbonyl (C=O) groups excluding carboxylic acids is 1. The molecule has 1 aliphatic heterocycles. The zero-order valence-corrected chi connectivity index (χ0v) is 25.6. The molecule has 13 heteroatoms. The lowest BCUT2D eigenvalue weighted by Crippen LogP contribution is -2.63. The van der Waals surface area contributed by atoms with E-state index in [9.17, 15) is 10.1 Å². The van der Waals surface area contributed by atoms with Crippen LogP contribution >= 0.6 is 0 Å². The molecule has 13 nitrogen and oxygen atoms in total. The number of hydrogen-bond donors (Lipinski definition) is 2. The van der Waals surface area contributed by atoms with E-state index in [1.807, 2.05) is 41.6 Å². The van der Waals surface area contributed by atoms with Gasteiger partial charge in [-0.1, -0.05) is 6.92 Å². The molecule has 2 aliphatic carbocycles. The van der Waals surface area contributed by atoms with Crippen LogP contribution in [0.5, 0.6) is 0 Å². The van der Waals surface area contributed by atoms with E-state index in [0.29, 0.717) is 42.8 Å². The Morgan fingerprint density at radius 3 is 2.71 bits per heavy atom. The van der Waals surface area contributed by atoms with Crippen LogP contribution in [0.15, 0.2) is 43.1 Å². The van der Waals surface area contributed by atoms with Gasteiger partial charge in [-0.25, -0.2) is 11.1 Å². The Morgan fingerprint density at radius 2 is 2.00 bits per heavy atom. The second-order valence-electron chi connectivity index (χ2n) is 12.9. The van der Waals surface area contributed by atoms with Gasteiger partial charge in [0.2, 0.25) is 11.5 Å². The highest BCUT2D eigenvalue weighted by atomic mass is 16.1. The maximum Gasteiger partial charge on any atom is 0.247 e. The number of aryl methyl sites for hydroxylation is 1. The monoisotopic (exact) mass is 606 g/mol. The second-order valence-corrected chi connectivity index (χ2v) is 12.9. The van der Waals surface area contributed by atoms with Gasteiger partial charge in [0.25, 0.3) is 0 Å². The molecule has 4 aromatic heterocycles. The van der Waals surface area contributed by atoms with E-state index in [1.54, 1.807) is 15.4 Å². The number of nitrogens with one attached hydrogen (secondary N) is 2. The molecule has 0 spiro atoms. The smallest absolute Gasteiger partial charge is 0.247 e. The summed E-state index contributed by atoms with van der Waals surface area (Å²) in [6.45, 7) is 11.8. The van der Waals surface area contributed by atoms with E-state index < -0.39 is 0 Å². The third kappa shape index (κ3) is 5.76. The summed E-state index contributed by atoms with van der Waals surface area (Å²) in [5.41, 5.74) is 3.01. The number of anilines is 3. The largest absolute Gasteiger partial charge is 0.363 e. The second kappa shape index (κ2) is 11.6. The summed E-state index contributed by atoms with van der Waals surface area (Å²) in [5.74, 6) is 0.698. The molecule has 7 rings (SSSR count). The molecule has 4 aromatic rings. The zero-order valence-electron chi connectivity index (χ0n) is 25.6. The first kappa shape index (κ1) is 29.0. The highest BCUT2D eigenvalue weighted by Gasteiger charge is 2.50. The van der Waals surface area contributed by atoms with Crippen molar-refractivity contribution in [2.24, 2.45) is 5.92 Å². The van der Waals surface area contributed by atoms with Crippen LogP contribution in [0.25, 0.3) is 10.5 Å². The number of Topliss-reactive ketones (excluding diaryl/α,β-unsaturated/α-hetero) is 1. The third-order valence-electron chi connectivity index (χ3n) is 9.77.